The highest BCUT2D eigenvalue weighted by molar-refractivity contribution is 7.09. The van der Waals surface area contributed by atoms with E-state index in [0.717, 1.165) is 35.0 Å². The minimum absolute atomic E-state index is 0.146. The third kappa shape index (κ3) is 4.49. The van der Waals surface area contributed by atoms with Gasteiger partial charge in [-0.25, -0.2) is 4.98 Å². The minimum Gasteiger partial charge on any atom is -0.497 e. The molecule has 26 heavy (non-hydrogen) atoms. The van der Waals surface area contributed by atoms with Crippen molar-refractivity contribution in [1.82, 2.24) is 20.1 Å². The van der Waals surface area contributed by atoms with Crippen LogP contribution >= 0.6 is 11.3 Å². The number of nitrogens with one attached hydrogen (secondary N) is 1. The Morgan fingerprint density at radius 1 is 1.27 bits per heavy atom. The molecule has 1 amide bonds. The second-order valence-electron chi connectivity index (χ2n) is 5.82. The summed E-state index contributed by atoms with van der Waals surface area (Å²) in [5.74, 6) is 0.681. The van der Waals surface area contributed by atoms with Crippen LogP contribution in [0.15, 0.2) is 41.9 Å². The number of rotatable bonds is 8. The second kappa shape index (κ2) is 8.62. The lowest BCUT2D eigenvalue weighted by atomic mass is 10.2. The molecule has 0 radical (unpaired) electrons. The van der Waals surface area contributed by atoms with Crippen LogP contribution in [0, 0.1) is 0 Å². The fraction of sp³-hybridized carbons (Fsp3) is 0.316. The Morgan fingerprint density at radius 3 is 2.81 bits per heavy atom. The van der Waals surface area contributed by atoms with E-state index in [1.54, 1.807) is 29.2 Å². The number of amides is 1. The number of benzene rings is 1. The maximum absolute atomic E-state index is 12.1. The summed E-state index contributed by atoms with van der Waals surface area (Å²) in [6, 6.07) is 9.58. The van der Waals surface area contributed by atoms with Crippen molar-refractivity contribution in [2.45, 2.75) is 26.3 Å². The van der Waals surface area contributed by atoms with E-state index in [-0.39, 0.29) is 5.91 Å². The number of ether oxygens (including phenoxy) is 1. The van der Waals surface area contributed by atoms with Gasteiger partial charge < -0.3 is 10.1 Å². The van der Waals surface area contributed by atoms with Crippen molar-refractivity contribution in [3.05, 3.63) is 52.6 Å². The lowest BCUT2D eigenvalue weighted by Crippen LogP contribution is -2.26. The van der Waals surface area contributed by atoms with Gasteiger partial charge in [0.2, 0.25) is 0 Å². The molecule has 3 aromatic rings. The molecule has 0 fully saturated rings. The molecule has 0 atom stereocenters. The standard InChI is InChI=1S/C19H22N4O2S/c1-3-11-23-12-9-16(22-23)19(24)20-10-8-18-21-17(13-26-18)14-4-6-15(25-2)7-5-14/h4-7,9,12-13H,3,8,10-11H2,1-2H3,(H,20,24). The quantitative estimate of drug-likeness (QED) is 0.660. The van der Waals surface area contributed by atoms with Crippen LogP contribution < -0.4 is 10.1 Å². The van der Waals surface area contributed by atoms with Crippen LogP contribution in [0.5, 0.6) is 5.75 Å². The van der Waals surface area contributed by atoms with Crippen molar-refractivity contribution < 1.29 is 9.53 Å². The number of thiazole rings is 1. The van der Waals surface area contributed by atoms with Crippen LogP contribution in [0.2, 0.25) is 0 Å². The maximum atomic E-state index is 12.1. The highest BCUT2D eigenvalue weighted by Gasteiger charge is 2.10. The summed E-state index contributed by atoms with van der Waals surface area (Å²) in [6.07, 6.45) is 3.52. The van der Waals surface area contributed by atoms with Gasteiger partial charge in [0, 0.05) is 36.7 Å². The predicted molar refractivity (Wildman–Crippen MR) is 103 cm³/mol. The smallest absolute Gasteiger partial charge is 0.271 e. The molecule has 0 saturated carbocycles. The molecule has 0 spiro atoms. The van der Waals surface area contributed by atoms with Crippen molar-refractivity contribution in [3.8, 4) is 17.0 Å². The summed E-state index contributed by atoms with van der Waals surface area (Å²) in [4.78, 5) is 16.8. The van der Waals surface area contributed by atoms with Crippen LogP contribution in [0.3, 0.4) is 0 Å². The van der Waals surface area contributed by atoms with E-state index in [1.165, 1.54) is 0 Å². The van der Waals surface area contributed by atoms with Gasteiger partial charge in [0.15, 0.2) is 0 Å². The molecule has 7 heteroatoms. The van der Waals surface area contributed by atoms with E-state index < -0.39 is 0 Å². The SMILES string of the molecule is CCCn1ccc(C(=O)NCCc2nc(-c3ccc(OC)cc3)cs2)n1. The second-order valence-corrected chi connectivity index (χ2v) is 6.77. The fourth-order valence-corrected chi connectivity index (χ4v) is 3.34. The van der Waals surface area contributed by atoms with Gasteiger partial charge in [-0.05, 0) is 36.8 Å². The first-order chi connectivity index (χ1) is 12.7. The molecule has 0 aliphatic rings. The summed E-state index contributed by atoms with van der Waals surface area (Å²) in [5.41, 5.74) is 2.45. The van der Waals surface area contributed by atoms with Gasteiger partial charge in [0.1, 0.15) is 11.4 Å². The van der Waals surface area contributed by atoms with Crippen LogP contribution in [0.25, 0.3) is 11.3 Å². The number of methoxy groups -OCH3 is 1. The molecule has 1 aromatic carbocycles. The lowest BCUT2D eigenvalue weighted by molar-refractivity contribution is 0.0948. The molecular weight excluding hydrogens is 348 g/mol. The Hall–Kier alpha value is -2.67. The number of carbonyl (C=O) groups excluding carboxylic acids is 1. The number of hydrogen-bond donors (Lipinski definition) is 1. The summed E-state index contributed by atoms with van der Waals surface area (Å²) in [7, 11) is 1.65. The highest BCUT2D eigenvalue weighted by atomic mass is 32.1. The Morgan fingerprint density at radius 2 is 2.08 bits per heavy atom. The van der Waals surface area contributed by atoms with E-state index in [0.29, 0.717) is 18.7 Å². The van der Waals surface area contributed by atoms with Crippen LogP contribution in [-0.2, 0) is 13.0 Å². The topological polar surface area (TPSA) is 69.0 Å². The first-order valence-corrected chi connectivity index (χ1v) is 9.48. The van der Waals surface area contributed by atoms with Gasteiger partial charge in [-0.3, -0.25) is 9.48 Å². The lowest BCUT2D eigenvalue weighted by Gasteiger charge is -2.02. The molecule has 0 aliphatic heterocycles. The number of aryl methyl sites for hydroxylation is 1. The Bertz CT molecular complexity index is 855. The molecule has 3 rings (SSSR count). The van der Waals surface area contributed by atoms with Crippen molar-refractivity contribution in [3.63, 3.8) is 0 Å². The van der Waals surface area contributed by atoms with Crippen LogP contribution in [0.1, 0.15) is 28.8 Å². The van der Waals surface area contributed by atoms with Gasteiger partial charge in [-0.1, -0.05) is 6.92 Å². The number of hydrogen-bond acceptors (Lipinski definition) is 5. The van der Waals surface area contributed by atoms with Gasteiger partial charge in [-0.15, -0.1) is 11.3 Å². The van der Waals surface area contributed by atoms with Crippen molar-refractivity contribution >= 4 is 17.2 Å². The Labute approximate surface area is 156 Å². The normalized spacial score (nSPS) is 10.7. The summed E-state index contributed by atoms with van der Waals surface area (Å²) >= 11 is 1.60. The highest BCUT2D eigenvalue weighted by Crippen LogP contribution is 2.24. The minimum atomic E-state index is -0.146. The molecule has 1 N–H and O–H groups in total. The van der Waals surface area contributed by atoms with Gasteiger partial charge in [0.25, 0.3) is 5.91 Å². The molecule has 2 heterocycles. The molecular formula is C19H22N4O2S. The molecule has 2 aromatic heterocycles. The summed E-state index contributed by atoms with van der Waals surface area (Å²) in [6.45, 7) is 3.44. The summed E-state index contributed by atoms with van der Waals surface area (Å²) < 4.78 is 6.96. The molecule has 0 saturated heterocycles. The van der Waals surface area contributed by atoms with E-state index in [1.807, 2.05) is 35.8 Å². The predicted octanol–water partition coefficient (Wildman–Crippen LogP) is 3.40. The average Bonchev–Trinajstić information content (AvgIpc) is 3.32. The van der Waals surface area contributed by atoms with Crippen molar-refractivity contribution in [2.75, 3.05) is 13.7 Å². The molecule has 0 unspecified atom stereocenters. The monoisotopic (exact) mass is 370 g/mol. The van der Waals surface area contributed by atoms with Gasteiger partial charge >= 0.3 is 0 Å². The van der Waals surface area contributed by atoms with E-state index in [4.69, 9.17) is 4.74 Å². The third-order valence-electron chi connectivity index (χ3n) is 3.89. The zero-order chi connectivity index (χ0) is 18.4. The number of aromatic nitrogens is 3. The number of carbonyl (C=O) groups is 1. The van der Waals surface area contributed by atoms with Crippen LogP contribution in [-0.4, -0.2) is 34.3 Å². The molecule has 6 nitrogen and oxygen atoms in total. The molecule has 136 valence electrons. The zero-order valence-electron chi connectivity index (χ0n) is 14.9. The van der Waals surface area contributed by atoms with Crippen molar-refractivity contribution in [2.24, 2.45) is 0 Å². The first kappa shape index (κ1) is 18.1. The van der Waals surface area contributed by atoms with Gasteiger partial charge in [0.05, 0.1) is 17.8 Å². The zero-order valence-corrected chi connectivity index (χ0v) is 15.8. The van der Waals surface area contributed by atoms with E-state index in [9.17, 15) is 4.79 Å². The maximum Gasteiger partial charge on any atom is 0.271 e. The molecule has 0 bridgehead atoms. The Kier molecular flexibility index (Phi) is 6.01. The van der Waals surface area contributed by atoms with Gasteiger partial charge in [-0.2, -0.15) is 5.10 Å². The average molecular weight is 370 g/mol. The van der Waals surface area contributed by atoms with E-state index >= 15 is 0 Å². The Balaban J connectivity index is 1.51. The third-order valence-corrected chi connectivity index (χ3v) is 4.80. The van der Waals surface area contributed by atoms with Crippen molar-refractivity contribution in [1.29, 1.82) is 0 Å². The largest absolute Gasteiger partial charge is 0.497 e. The fourth-order valence-electron chi connectivity index (χ4n) is 2.53. The van der Waals surface area contributed by atoms with E-state index in [2.05, 4.69) is 22.3 Å². The summed E-state index contributed by atoms with van der Waals surface area (Å²) in [5, 5.41) is 10.2. The van der Waals surface area contributed by atoms with Crippen LogP contribution in [0.4, 0.5) is 0 Å². The number of nitrogens with zero attached hydrogens (tertiary/aromatic N) is 3. The first-order valence-electron chi connectivity index (χ1n) is 8.60. The molecule has 0 aliphatic carbocycles.